The van der Waals surface area contributed by atoms with Crippen molar-refractivity contribution < 1.29 is 40.6 Å². The van der Waals surface area contributed by atoms with Gasteiger partial charge >= 0.3 is 18.0 Å². The number of aromatic nitrogens is 1. The smallest absolute Gasteiger partial charge is 0.435 e. The molecule has 0 bridgehead atoms. The van der Waals surface area contributed by atoms with E-state index < -0.39 is 46.0 Å². The van der Waals surface area contributed by atoms with Crippen LogP contribution in [0.3, 0.4) is 0 Å². The van der Waals surface area contributed by atoms with Crippen molar-refractivity contribution in [3.63, 3.8) is 0 Å². The molecule has 0 saturated carbocycles. The number of allylic oxidation sites excluding steroid dienone is 1. The molecule has 202 valence electrons. The van der Waals surface area contributed by atoms with Crippen molar-refractivity contribution in [2.45, 2.75) is 31.4 Å². The maximum absolute atomic E-state index is 14.3. The highest BCUT2D eigenvalue weighted by Gasteiger charge is 2.73. The number of carbonyl (C=O) groups is 1. The van der Waals surface area contributed by atoms with Crippen LogP contribution >= 0.6 is 23.2 Å². The van der Waals surface area contributed by atoms with Crippen LogP contribution in [0.4, 0.5) is 36.4 Å². The first-order valence-corrected chi connectivity index (χ1v) is 11.0. The molecule has 1 aromatic carbocycles. The lowest BCUT2D eigenvalue weighted by Gasteiger charge is -2.30. The number of carbonyl (C=O) groups excluding carboxylic acids is 1. The summed E-state index contributed by atoms with van der Waals surface area (Å²) in [4.78, 5) is 21.7. The lowest BCUT2D eigenvalue weighted by molar-refractivity contribution is -0.348. The summed E-state index contributed by atoms with van der Waals surface area (Å²) < 4.78 is 92.5. The van der Waals surface area contributed by atoms with Crippen molar-refractivity contribution in [1.82, 2.24) is 9.88 Å². The van der Waals surface area contributed by atoms with E-state index in [1.165, 1.54) is 17.2 Å². The largest absolute Gasteiger partial charge is 0.506 e. The fraction of sp³-hybridized carbons (Fsp3) is 0.318. The first-order chi connectivity index (χ1) is 17.0. The van der Waals surface area contributed by atoms with Crippen LogP contribution in [0, 0.1) is 0 Å². The maximum atomic E-state index is 14.3. The van der Waals surface area contributed by atoms with E-state index in [-0.39, 0.29) is 34.0 Å². The molecule has 0 atom stereocenters. The SMILES string of the molecule is CCCN(C)C(=O)c1cc(C(C=Nc2c(O)cc(C(F)(C(F)(F)F)C(F)(F)F)cc2Cl)=CN)cnc1Cl. The molecule has 0 unspecified atom stereocenters. The minimum Gasteiger partial charge on any atom is -0.506 e. The van der Waals surface area contributed by atoms with Gasteiger partial charge in [0.25, 0.3) is 5.91 Å². The van der Waals surface area contributed by atoms with Crippen LogP contribution in [0.25, 0.3) is 5.57 Å². The Balaban J connectivity index is 2.50. The van der Waals surface area contributed by atoms with E-state index in [0.29, 0.717) is 13.0 Å². The van der Waals surface area contributed by atoms with Gasteiger partial charge in [-0.15, -0.1) is 0 Å². The summed E-state index contributed by atoms with van der Waals surface area (Å²) in [6, 6.07) is 1.32. The van der Waals surface area contributed by atoms with Gasteiger partial charge in [0.2, 0.25) is 0 Å². The molecule has 2 aromatic rings. The normalized spacial score (nSPS) is 13.3. The number of rotatable bonds is 7. The number of hydrogen-bond acceptors (Lipinski definition) is 5. The van der Waals surface area contributed by atoms with Gasteiger partial charge in [0.1, 0.15) is 16.6 Å². The fourth-order valence-corrected chi connectivity index (χ4v) is 3.59. The van der Waals surface area contributed by atoms with Crippen molar-refractivity contribution >= 4 is 46.6 Å². The fourth-order valence-electron chi connectivity index (χ4n) is 3.15. The molecule has 0 fully saturated rings. The number of aliphatic imine (C=N–C) groups is 1. The van der Waals surface area contributed by atoms with Gasteiger partial charge < -0.3 is 15.7 Å². The molecule has 1 aromatic heterocycles. The molecule has 0 aliphatic carbocycles. The molecule has 37 heavy (non-hydrogen) atoms. The molecule has 2 rings (SSSR count). The van der Waals surface area contributed by atoms with Crippen LogP contribution in [-0.4, -0.2) is 53.1 Å². The number of nitrogens with two attached hydrogens (primary N) is 1. The van der Waals surface area contributed by atoms with Gasteiger partial charge in [-0.2, -0.15) is 26.3 Å². The monoisotopic (exact) mass is 574 g/mol. The van der Waals surface area contributed by atoms with Crippen LogP contribution in [-0.2, 0) is 5.67 Å². The van der Waals surface area contributed by atoms with Crippen LogP contribution in [0.2, 0.25) is 10.2 Å². The Morgan fingerprint density at radius 3 is 2.22 bits per heavy atom. The molecule has 3 N–H and O–H groups in total. The first-order valence-electron chi connectivity index (χ1n) is 10.2. The van der Waals surface area contributed by atoms with Gasteiger partial charge in [-0.3, -0.25) is 9.79 Å². The summed E-state index contributed by atoms with van der Waals surface area (Å²) >= 11 is 11.8. The number of amides is 1. The second kappa shape index (κ2) is 11.1. The highest BCUT2D eigenvalue weighted by molar-refractivity contribution is 6.34. The molecule has 0 radical (unpaired) electrons. The van der Waals surface area contributed by atoms with Crippen molar-refractivity contribution in [3.05, 3.63) is 57.5 Å². The quantitative estimate of drug-likeness (QED) is 0.222. The van der Waals surface area contributed by atoms with Gasteiger partial charge in [-0.1, -0.05) is 30.1 Å². The molecule has 6 nitrogen and oxygen atoms in total. The van der Waals surface area contributed by atoms with Crippen LogP contribution in [0.1, 0.15) is 34.8 Å². The number of pyridine rings is 1. The highest BCUT2D eigenvalue weighted by atomic mass is 35.5. The molecule has 15 heteroatoms. The van der Waals surface area contributed by atoms with Crippen molar-refractivity contribution in [3.8, 4) is 5.75 Å². The number of halogens is 9. The van der Waals surface area contributed by atoms with E-state index in [4.69, 9.17) is 28.9 Å². The Morgan fingerprint density at radius 2 is 1.73 bits per heavy atom. The third-order valence-corrected chi connectivity index (χ3v) is 5.63. The molecule has 1 heterocycles. The summed E-state index contributed by atoms with van der Waals surface area (Å²) in [6.07, 6.45) is -8.96. The summed E-state index contributed by atoms with van der Waals surface area (Å²) in [5, 5.41) is 9.04. The molecular formula is C22H19Cl2F7N4O2. The topological polar surface area (TPSA) is 91.8 Å². The molecule has 0 aliphatic rings. The van der Waals surface area contributed by atoms with E-state index in [1.807, 2.05) is 6.92 Å². The zero-order valence-corrected chi connectivity index (χ0v) is 20.6. The maximum Gasteiger partial charge on any atom is 0.435 e. The van der Waals surface area contributed by atoms with E-state index in [2.05, 4.69) is 9.98 Å². The van der Waals surface area contributed by atoms with Gasteiger partial charge in [-0.25, -0.2) is 9.37 Å². The number of nitrogens with zero attached hydrogens (tertiary/aromatic N) is 3. The van der Waals surface area contributed by atoms with Crippen molar-refractivity contribution in [2.24, 2.45) is 10.7 Å². The van der Waals surface area contributed by atoms with E-state index >= 15 is 0 Å². The van der Waals surface area contributed by atoms with Gasteiger partial charge in [0, 0.05) is 48.9 Å². The predicted molar refractivity (Wildman–Crippen MR) is 125 cm³/mol. The Labute approximate surface area is 216 Å². The second-order valence-electron chi connectivity index (χ2n) is 7.65. The van der Waals surface area contributed by atoms with Crippen LogP contribution in [0.5, 0.6) is 5.75 Å². The van der Waals surface area contributed by atoms with E-state index in [1.54, 1.807) is 7.05 Å². The number of hydrogen-bond donors (Lipinski definition) is 2. The standard InChI is InChI=1S/C22H19Cl2F7N4O2/c1-3-4-35(2)19(37)14-5-11(9-34-18(14)24)12(8-32)10-33-17-15(23)6-13(7-16(17)36)20(25,21(26,27)28)22(29,30)31/h5-10,36H,3-4,32H2,1-2H3. The molecule has 0 saturated heterocycles. The lowest BCUT2D eigenvalue weighted by Crippen LogP contribution is -2.50. The predicted octanol–water partition coefficient (Wildman–Crippen LogP) is 6.57. The average Bonchev–Trinajstić information content (AvgIpc) is 2.79. The lowest BCUT2D eigenvalue weighted by atomic mass is 9.93. The third kappa shape index (κ3) is 6.09. The van der Waals surface area contributed by atoms with Gasteiger partial charge in [-0.05, 0) is 24.6 Å². The number of alkyl halides is 7. The summed E-state index contributed by atoms with van der Waals surface area (Å²) in [5.41, 5.74) is -2.58. The number of phenolic OH excluding ortho intramolecular Hbond substituents is 1. The Morgan fingerprint density at radius 1 is 1.14 bits per heavy atom. The zero-order valence-electron chi connectivity index (χ0n) is 19.1. The number of aromatic hydroxyl groups is 1. The summed E-state index contributed by atoms with van der Waals surface area (Å²) in [5.74, 6) is -1.72. The number of phenols is 1. The number of benzene rings is 1. The Hall–Kier alpha value is -3.06. The molecule has 1 amide bonds. The molecule has 0 spiro atoms. The Bertz CT molecular complexity index is 1190. The minimum atomic E-state index is -6.40. The van der Waals surface area contributed by atoms with E-state index in [9.17, 15) is 40.6 Å². The van der Waals surface area contributed by atoms with Gasteiger partial charge in [0.05, 0.1) is 10.6 Å². The zero-order chi connectivity index (χ0) is 28.3. The van der Waals surface area contributed by atoms with Crippen LogP contribution in [0.15, 0.2) is 35.6 Å². The van der Waals surface area contributed by atoms with Crippen molar-refractivity contribution in [1.29, 1.82) is 0 Å². The first kappa shape index (κ1) is 30.2. The Kier molecular flexibility index (Phi) is 9.08. The van der Waals surface area contributed by atoms with Gasteiger partial charge in [0.15, 0.2) is 0 Å². The third-order valence-electron chi connectivity index (χ3n) is 5.04. The average molecular weight is 575 g/mol. The summed E-state index contributed by atoms with van der Waals surface area (Å²) in [7, 11) is 1.55. The van der Waals surface area contributed by atoms with Crippen LogP contribution < -0.4 is 5.73 Å². The second-order valence-corrected chi connectivity index (χ2v) is 8.41. The minimum absolute atomic E-state index is 0.0201. The van der Waals surface area contributed by atoms with Crippen molar-refractivity contribution in [2.75, 3.05) is 13.6 Å². The molecular weight excluding hydrogens is 556 g/mol. The highest BCUT2D eigenvalue weighted by Crippen LogP contribution is 2.55. The van der Waals surface area contributed by atoms with E-state index in [0.717, 1.165) is 12.4 Å². The summed E-state index contributed by atoms with van der Waals surface area (Å²) in [6.45, 7) is 2.29. The molecule has 0 aliphatic heterocycles.